The predicted octanol–water partition coefficient (Wildman–Crippen LogP) is 3.00. The van der Waals surface area contributed by atoms with Gasteiger partial charge in [0.15, 0.2) is 0 Å². The summed E-state index contributed by atoms with van der Waals surface area (Å²) in [6.07, 6.45) is 12.3. The molecule has 0 spiro atoms. The molecule has 6 heteroatoms. The van der Waals surface area contributed by atoms with Crippen molar-refractivity contribution in [1.29, 1.82) is 0 Å². The van der Waals surface area contributed by atoms with Crippen molar-refractivity contribution in [3.05, 3.63) is 60.7 Å². The Morgan fingerprint density at radius 1 is 1.12 bits per heavy atom. The van der Waals surface area contributed by atoms with Gasteiger partial charge in [-0.05, 0) is 25.0 Å². The van der Waals surface area contributed by atoms with Gasteiger partial charge in [0.05, 0.1) is 6.20 Å². The van der Waals surface area contributed by atoms with E-state index in [0.29, 0.717) is 5.92 Å². The molecule has 4 heterocycles. The summed E-state index contributed by atoms with van der Waals surface area (Å²) >= 11 is 0. The summed E-state index contributed by atoms with van der Waals surface area (Å²) in [7, 11) is 0. The van der Waals surface area contributed by atoms with Gasteiger partial charge >= 0.3 is 0 Å². The number of nitrogens with zero attached hydrogens (tertiary/aromatic N) is 6. The normalized spacial score (nSPS) is 17.6. The van der Waals surface area contributed by atoms with Crippen LogP contribution in [0.5, 0.6) is 0 Å². The minimum Gasteiger partial charge on any atom is -0.355 e. The van der Waals surface area contributed by atoms with Gasteiger partial charge in [-0.1, -0.05) is 13.0 Å². The van der Waals surface area contributed by atoms with Crippen molar-refractivity contribution in [3.63, 3.8) is 0 Å². The second kappa shape index (κ2) is 7.01. The van der Waals surface area contributed by atoms with Crippen molar-refractivity contribution in [2.24, 2.45) is 0 Å². The van der Waals surface area contributed by atoms with Gasteiger partial charge in [-0.3, -0.25) is 9.55 Å². The second-order valence-corrected chi connectivity index (χ2v) is 6.34. The first-order valence-electron chi connectivity index (χ1n) is 8.85. The quantitative estimate of drug-likeness (QED) is 0.734. The summed E-state index contributed by atoms with van der Waals surface area (Å²) in [5.74, 6) is 3.34. The fourth-order valence-corrected chi connectivity index (χ4v) is 3.49. The van der Waals surface area contributed by atoms with Crippen LogP contribution in [-0.2, 0) is 6.42 Å². The molecule has 1 aliphatic heterocycles. The largest absolute Gasteiger partial charge is 0.355 e. The van der Waals surface area contributed by atoms with Gasteiger partial charge in [0.1, 0.15) is 17.5 Å². The maximum Gasteiger partial charge on any atom is 0.147 e. The Morgan fingerprint density at radius 3 is 2.92 bits per heavy atom. The first-order chi connectivity index (χ1) is 12.3. The van der Waals surface area contributed by atoms with E-state index in [-0.39, 0.29) is 0 Å². The molecule has 0 bridgehead atoms. The Morgan fingerprint density at radius 2 is 2.08 bits per heavy atom. The monoisotopic (exact) mass is 334 g/mol. The van der Waals surface area contributed by atoms with Crippen molar-refractivity contribution >= 4 is 5.82 Å². The van der Waals surface area contributed by atoms with E-state index in [1.54, 1.807) is 12.4 Å². The smallest absolute Gasteiger partial charge is 0.147 e. The molecule has 1 unspecified atom stereocenters. The van der Waals surface area contributed by atoms with Crippen LogP contribution in [0.2, 0.25) is 0 Å². The number of pyridine rings is 1. The molecule has 0 N–H and O–H groups in total. The Hall–Kier alpha value is -2.76. The Kier molecular flexibility index (Phi) is 4.41. The lowest BCUT2D eigenvalue weighted by molar-refractivity contribution is 0.497. The summed E-state index contributed by atoms with van der Waals surface area (Å²) in [6, 6.07) is 6.28. The van der Waals surface area contributed by atoms with Gasteiger partial charge in [-0.15, -0.1) is 0 Å². The van der Waals surface area contributed by atoms with Gasteiger partial charge in [-0.25, -0.2) is 15.0 Å². The van der Waals surface area contributed by atoms with Crippen LogP contribution < -0.4 is 4.90 Å². The fourth-order valence-electron chi connectivity index (χ4n) is 3.49. The van der Waals surface area contributed by atoms with E-state index in [1.807, 2.05) is 24.7 Å². The van der Waals surface area contributed by atoms with Gasteiger partial charge in [-0.2, -0.15) is 0 Å². The van der Waals surface area contributed by atoms with Crippen LogP contribution in [0.4, 0.5) is 5.82 Å². The fraction of sp³-hybridized carbons (Fsp3) is 0.368. The van der Waals surface area contributed by atoms with Crippen molar-refractivity contribution in [1.82, 2.24) is 24.5 Å². The summed E-state index contributed by atoms with van der Waals surface area (Å²) < 4.78 is 2.08. The first-order valence-corrected chi connectivity index (χ1v) is 8.85. The van der Waals surface area contributed by atoms with E-state index < -0.39 is 0 Å². The molecule has 3 aromatic rings. The van der Waals surface area contributed by atoms with Crippen LogP contribution in [-0.4, -0.2) is 37.6 Å². The highest BCUT2D eigenvalue weighted by Crippen LogP contribution is 2.28. The molecule has 3 aromatic heterocycles. The summed E-state index contributed by atoms with van der Waals surface area (Å²) in [5, 5.41) is 0. The van der Waals surface area contributed by atoms with Crippen LogP contribution in [0, 0.1) is 0 Å². The van der Waals surface area contributed by atoms with Gasteiger partial charge in [0, 0.05) is 55.9 Å². The lowest BCUT2D eigenvalue weighted by atomic mass is 9.94. The van der Waals surface area contributed by atoms with Crippen molar-refractivity contribution in [2.75, 3.05) is 18.0 Å². The first kappa shape index (κ1) is 15.7. The minimum atomic E-state index is 0.407. The van der Waals surface area contributed by atoms with E-state index in [4.69, 9.17) is 4.98 Å². The number of hydrogen-bond acceptors (Lipinski definition) is 5. The average Bonchev–Trinajstić information content (AvgIpc) is 3.18. The Balaban J connectivity index is 1.58. The Bertz CT molecular complexity index is 829. The number of rotatable bonds is 4. The molecule has 25 heavy (non-hydrogen) atoms. The van der Waals surface area contributed by atoms with E-state index in [9.17, 15) is 0 Å². The lowest BCUT2D eigenvalue weighted by Gasteiger charge is -2.33. The highest BCUT2D eigenvalue weighted by atomic mass is 15.2. The molecule has 0 amide bonds. The van der Waals surface area contributed by atoms with Crippen LogP contribution in [0.3, 0.4) is 0 Å². The van der Waals surface area contributed by atoms with Gasteiger partial charge in [0.2, 0.25) is 0 Å². The highest BCUT2D eigenvalue weighted by molar-refractivity contribution is 5.37. The molecule has 6 nitrogen and oxygen atoms in total. The SMILES string of the molecule is CCc1nccn1-c1cccc(C2CCCN(c3cnccn3)C2)n1. The second-order valence-electron chi connectivity index (χ2n) is 6.34. The molecule has 0 saturated carbocycles. The van der Waals surface area contributed by atoms with Gasteiger partial charge in [0.25, 0.3) is 0 Å². The van der Waals surface area contributed by atoms with Gasteiger partial charge < -0.3 is 4.90 Å². The van der Waals surface area contributed by atoms with Crippen LogP contribution in [0.25, 0.3) is 5.82 Å². The van der Waals surface area contributed by atoms with E-state index in [1.165, 1.54) is 0 Å². The lowest BCUT2D eigenvalue weighted by Crippen LogP contribution is -2.35. The van der Waals surface area contributed by atoms with E-state index in [2.05, 4.69) is 43.5 Å². The molecule has 1 fully saturated rings. The molecule has 1 aliphatic rings. The maximum absolute atomic E-state index is 4.94. The molecule has 128 valence electrons. The van der Waals surface area contributed by atoms with Crippen molar-refractivity contribution in [2.45, 2.75) is 32.1 Å². The predicted molar refractivity (Wildman–Crippen MR) is 97.0 cm³/mol. The summed E-state index contributed by atoms with van der Waals surface area (Å²) in [4.78, 5) is 20.3. The Labute approximate surface area is 147 Å². The molecule has 1 atom stereocenters. The molecule has 0 radical (unpaired) electrons. The molecule has 0 aliphatic carbocycles. The maximum atomic E-state index is 4.94. The number of aromatic nitrogens is 5. The third-order valence-electron chi connectivity index (χ3n) is 4.75. The van der Waals surface area contributed by atoms with Crippen LogP contribution in [0.15, 0.2) is 49.2 Å². The van der Waals surface area contributed by atoms with Crippen LogP contribution >= 0.6 is 0 Å². The summed E-state index contributed by atoms with van der Waals surface area (Å²) in [5.41, 5.74) is 1.14. The summed E-state index contributed by atoms with van der Waals surface area (Å²) in [6.45, 7) is 4.07. The number of imidazole rings is 1. The number of aryl methyl sites for hydroxylation is 1. The molecule has 1 saturated heterocycles. The third kappa shape index (κ3) is 3.24. The average molecular weight is 334 g/mol. The molecular weight excluding hydrogens is 312 g/mol. The molecule has 0 aromatic carbocycles. The number of piperidine rings is 1. The van der Waals surface area contributed by atoms with E-state index in [0.717, 1.165) is 55.5 Å². The molecule has 4 rings (SSSR count). The zero-order valence-corrected chi connectivity index (χ0v) is 14.4. The third-order valence-corrected chi connectivity index (χ3v) is 4.75. The number of hydrogen-bond donors (Lipinski definition) is 0. The standard InChI is InChI=1S/C19H22N6/c1-2-17-22-10-12-25(17)18-7-3-6-16(23-18)15-5-4-11-24(14-15)19-13-20-8-9-21-19/h3,6-10,12-13,15H,2,4-5,11,14H2,1H3. The highest BCUT2D eigenvalue weighted by Gasteiger charge is 2.23. The number of anilines is 1. The van der Waals surface area contributed by atoms with Crippen LogP contribution in [0.1, 0.15) is 37.2 Å². The minimum absolute atomic E-state index is 0.407. The zero-order valence-electron chi connectivity index (χ0n) is 14.4. The van der Waals surface area contributed by atoms with Crippen molar-refractivity contribution in [3.8, 4) is 5.82 Å². The molecular formula is C19H22N6. The van der Waals surface area contributed by atoms with Crippen molar-refractivity contribution < 1.29 is 0 Å². The zero-order chi connectivity index (χ0) is 17.1. The topological polar surface area (TPSA) is 59.7 Å². The van der Waals surface area contributed by atoms with E-state index >= 15 is 0 Å².